The zero-order valence-corrected chi connectivity index (χ0v) is 15.1. The SMILES string of the molecule is COc1ccc(Nc2ccc(C(=O)NC3CCCCC3)nn2)c(OC)c1. The molecule has 2 N–H and O–H groups in total. The third kappa shape index (κ3) is 4.41. The molecule has 1 heterocycles. The van der Waals surface area contributed by atoms with E-state index < -0.39 is 0 Å². The fourth-order valence-corrected chi connectivity index (χ4v) is 3.07. The highest BCUT2D eigenvalue weighted by atomic mass is 16.5. The number of amides is 1. The molecule has 1 saturated carbocycles. The van der Waals surface area contributed by atoms with Gasteiger partial charge >= 0.3 is 0 Å². The van der Waals surface area contributed by atoms with E-state index >= 15 is 0 Å². The standard InChI is InChI=1S/C19H24N4O3/c1-25-14-8-9-15(17(12-14)26-2)21-18-11-10-16(22-23-18)19(24)20-13-6-4-3-5-7-13/h8-13H,3-7H2,1-2H3,(H,20,24)(H,21,23). The quantitative estimate of drug-likeness (QED) is 0.826. The number of hydrogen-bond acceptors (Lipinski definition) is 6. The Hall–Kier alpha value is -2.83. The van der Waals surface area contributed by atoms with E-state index in [1.54, 1.807) is 32.4 Å². The van der Waals surface area contributed by atoms with Crippen LogP contribution >= 0.6 is 0 Å². The molecule has 1 aliphatic carbocycles. The molecule has 2 aromatic rings. The van der Waals surface area contributed by atoms with Crippen molar-refractivity contribution in [2.75, 3.05) is 19.5 Å². The summed E-state index contributed by atoms with van der Waals surface area (Å²) in [7, 11) is 3.19. The van der Waals surface area contributed by atoms with E-state index in [0.29, 0.717) is 23.0 Å². The molecule has 0 radical (unpaired) electrons. The molecule has 1 aliphatic rings. The van der Waals surface area contributed by atoms with Gasteiger partial charge < -0.3 is 20.1 Å². The fourth-order valence-electron chi connectivity index (χ4n) is 3.07. The summed E-state index contributed by atoms with van der Waals surface area (Å²) in [5.74, 6) is 1.69. The number of carbonyl (C=O) groups excluding carboxylic acids is 1. The van der Waals surface area contributed by atoms with Crippen LogP contribution < -0.4 is 20.1 Å². The maximum absolute atomic E-state index is 12.3. The summed E-state index contributed by atoms with van der Waals surface area (Å²) in [6.07, 6.45) is 5.67. The Balaban J connectivity index is 1.65. The molecule has 138 valence electrons. The Morgan fingerprint density at radius 3 is 2.50 bits per heavy atom. The van der Waals surface area contributed by atoms with Crippen molar-refractivity contribution >= 4 is 17.4 Å². The number of aromatic nitrogens is 2. The van der Waals surface area contributed by atoms with Crippen LogP contribution in [0.5, 0.6) is 11.5 Å². The number of nitrogens with zero attached hydrogens (tertiary/aromatic N) is 2. The van der Waals surface area contributed by atoms with Crippen LogP contribution in [-0.2, 0) is 0 Å². The van der Waals surface area contributed by atoms with Crippen LogP contribution in [0.3, 0.4) is 0 Å². The number of nitrogens with one attached hydrogen (secondary N) is 2. The first-order valence-corrected chi connectivity index (χ1v) is 8.83. The van der Waals surface area contributed by atoms with Gasteiger partial charge in [-0.1, -0.05) is 19.3 Å². The highest BCUT2D eigenvalue weighted by molar-refractivity contribution is 5.92. The van der Waals surface area contributed by atoms with E-state index in [-0.39, 0.29) is 11.9 Å². The zero-order valence-electron chi connectivity index (χ0n) is 15.1. The molecule has 0 bridgehead atoms. The van der Waals surface area contributed by atoms with Crippen molar-refractivity contribution in [3.05, 3.63) is 36.0 Å². The third-order valence-electron chi connectivity index (χ3n) is 4.51. The molecule has 0 unspecified atom stereocenters. The van der Waals surface area contributed by atoms with Crippen molar-refractivity contribution in [2.24, 2.45) is 0 Å². The molecule has 0 aliphatic heterocycles. The molecule has 0 saturated heterocycles. The Kier molecular flexibility index (Phi) is 5.88. The lowest BCUT2D eigenvalue weighted by atomic mass is 9.95. The van der Waals surface area contributed by atoms with E-state index in [1.165, 1.54) is 19.3 Å². The summed E-state index contributed by atoms with van der Waals surface area (Å²) in [5.41, 5.74) is 1.06. The maximum atomic E-state index is 12.3. The normalized spacial score (nSPS) is 14.5. The number of methoxy groups -OCH3 is 2. The lowest BCUT2D eigenvalue weighted by molar-refractivity contribution is 0.0921. The summed E-state index contributed by atoms with van der Waals surface area (Å²) >= 11 is 0. The van der Waals surface area contributed by atoms with Crippen molar-refractivity contribution in [2.45, 2.75) is 38.1 Å². The summed E-state index contributed by atoms with van der Waals surface area (Å²) < 4.78 is 10.5. The smallest absolute Gasteiger partial charge is 0.272 e. The van der Waals surface area contributed by atoms with Crippen molar-refractivity contribution in [3.8, 4) is 11.5 Å². The van der Waals surface area contributed by atoms with Gasteiger partial charge in [0, 0.05) is 12.1 Å². The molecule has 1 aromatic heterocycles. The van der Waals surface area contributed by atoms with Crippen LogP contribution in [0.15, 0.2) is 30.3 Å². The first-order chi connectivity index (χ1) is 12.7. The van der Waals surface area contributed by atoms with Gasteiger partial charge in [0.05, 0.1) is 19.9 Å². The number of benzene rings is 1. The van der Waals surface area contributed by atoms with Gasteiger partial charge in [0.25, 0.3) is 5.91 Å². The number of carbonyl (C=O) groups is 1. The number of rotatable bonds is 6. The first kappa shape index (κ1) is 18.0. The maximum Gasteiger partial charge on any atom is 0.272 e. The van der Waals surface area contributed by atoms with Crippen molar-refractivity contribution in [3.63, 3.8) is 0 Å². The van der Waals surface area contributed by atoms with Gasteiger partial charge in [0.2, 0.25) is 0 Å². The first-order valence-electron chi connectivity index (χ1n) is 8.83. The third-order valence-corrected chi connectivity index (χ3v) is 4.51. The fraction of sp³-hybridized carbons (Fsp3) is 0.421. The monoisotopic (exact) mass is 356 g/mol. The lowest BCUT2D eigenvalue weighted by Gasteiger charge is -2.22. The Labute approximate surface area is 153 Å². The number of hydrogen-bond donors (Lipinski definition) is 2. The molecule has 7 heteroatoms. The van der Waals surface area contributed by atoms with Crippen LogP contribution in [0.2, 0.25) is 0 Å². The van der Waals surface area contributed by atoms with Gasteiger partial charge in [-0.15, -0.1) is 10.2 Å². The van der Waals surface area contributed by atoms with Crippen LogP contribution in [0.25, 0.3) is 0 Å². The molecule has 3 rings (SSSR count). The molecular weight excluding hydrogens is 332 g/mol. The topological polar surface area (TPSA) is 85.4 Å². The summed E-state index contributed by atoms with van der Waals surface area (Å²) in [4.78, 5) is 12.3. The van der Waals surface area contributed by atoms with Crippen molar-refractivity contribution in [1.82, 2.24) is 15.5 Å². The zero-order chi connectivity index (χ0) is 18.4. The molecule has 1 fully saturated rings. The van der Waals surface area contributed by atoms with Crippen LogP contribution in [0, 0.1) is 0 Å². The van der Waals surface area contributed by atoms with E-state index in [4.69, 9.17) is 9.47 Å². The molecule has 26 heavy (non-hydrogen) atoms. The average molecular weight is 356 g/mol. The Morgan fingerprint density at radius 2 is 1.85 bits per heavy atom. The van der Waals surface area contributed by atoms with Gasteiger partial charge in [-0.2, -0.15) is 0 Å². The van der Waals surface area contributed by atoms with Crippen LogP contribution in [-0.4, -0.2) is 36.4 Å². The molecule has 1 amide bonds. The predicted molar refractivity (Wildman–Crippen MR) is 99.2 cm³/mol. The molecule has 0 atom stereocenters. The minimum absolute atomic E-state index is 0.169. The van der Waals surface area contributed by atoms with Gasteiger partial charge in [-0.05, 0) is 37.1 Å². The predicted octanol–water partition coefficient (Wildman–Crippen LogP) is 3.30. The minimum Gasteiger partial charge on any atom is -0.497 e. The second-order valence-electron chi connectivity index (χ2n) is 6.30. The van der Waals surface area contributed by atoms with Gasteiger partial charge in [-0.3, -0.25) is 4.79 Å². The molecular formula is C19H24N4O3. The molecule has 7 nitrogen and oxygen atoms in total. The summed E-state index contributed by atoms with van der Waals surface area (Å²) in [5, 5.41) is 14.3. The molecule has 0 spiro atoms. The van der Waals surface area contributed by atoms with Crippen molar-refractivity contribution < 1.29 is 14.3 Å². The number of anilines is 2. The van der Waals surface area contributed by atoms with E-state index in [0.717, 1.165) is 18.5 Å². The second kappa shape index (κ2) is 8.51. The second-order valence-corrected chi connectivity index (χ2v) is 6.30. The minimum atomic E-state index is -0.169. The summed E-state index contributed by atoms with van der Waals surface area (Å²) in [6.45, 7) is 0. The van der Waals surface area contributed by atoms with Gasteiger partial charge in [-0.25, -0.2) is 0 Å². The Morgan fingerprint density at radius 1 is 1.04 bits per heavy atom. The van der Waals surface area contributed by atoms with E-state index in [2.05, 4.69) is 20.8 Å². The van der Waals surface area contributed by atoms with Crippen LogP contribution in [0.1, 0.15) is 42.6 Å². The van der Waals surface area contributed by atoms with Crippen molar-refractivity contribution in [1.29, 1.82) is 0 Å². The summed E-state index contributed by atoms with van der Waals surface area (Å²) in [6, 6.07) is 9.09. The van der Waals surface area contributed by atoms with Gasteiger partial charge in [0.1, 0.15) is 11.5 Å². The van der Waals surface area contributed by atoms with E-state index in [9.17, 15) is 4.79 Å². The highest BCUT2D eigenvalue weighted by Gasteiger charge is 2.17. The number of ether oxygens (including phenoxy) is 2. The van der Waals surface area contributed by atoms with E-state index in [1.807, 2.05) is 12.1 Å². The largest absolute Gasteiger partial charge is 0.497 e. The lowest BCUT2D eigenvalue weighted by Crippen LogP contribution is -2.36. The van der Waals surface area contributed by atoms with Crippen LogP contribution in [0.4, 0.5) is 11.5 Å². The van der Waals surface area contributed by atoms with Gasteiger partial charge in [0.15, 0.2) is 11.5 Å². The Bertz CT molecular complexity index is 743. The molecule has 1 aromatic carbocycles. The highest BCUT2D eigenvalue weighted by Crippen LogP contribution is 2.30. The average Bonchev–Trinajstić information content (AvgIpc) is 2.69.